The van der Waals surface area contributed by atoms with Crippen molar-refractivity contribution < 1.29 is 9.53 Å². The van der Waals surface area contributed by atoms with Crippen LogP contribution in [0.15, 0.2) is 36.4 Å². The van der Waals surface area contributed by atoms with Gasteiger partial charge in [-0.05, 0) is 43.2 Å². The van der Waals surface area contributed by atoms with Crippen LogP contribution in [-0.4, -0.2) is 28.9 Å². The summed E-state index contributed by atoms with van der Waals surface area (Å²) in [6.45, 7) is 5.25. The Morgan fingerprint density at radius 2 is 1.96 bits per heavy atom. The number of halogens is 1. The fraction of sp³-hybridized carbons (Fsp3) is 0.286. The second kappa shape index (κ2) is 6.69. The van der Waals surface area contributed by atoms with E-state index in [2.05, 4.69) is 17.1 Å². The van der Waals surface area contributed by atoms with E-state index in [4.69, 9.17) is 16.3 Å². The normalized spacial score (nSPS) is 13.7. The van der Waals surface area contributed by atoms with E-state index in [0.717, 1.165) is 28.1 Å². The maximum absolute atomic E-state index is 12.6. The Morgan fingerprint density at radius 1 is 1.23 bits per heavy atom. The number of hydrogen-bond acceptors (Lipinski definition) is 2. The number of para-hydroxylation sites is 1. The van der Waals surface area contributed by atoms with E-state index in [-0.39, 0.29) is 12.5 Å². The first-order valence-electron chi connectivity index (χ1n) is 8.78. The molecule has 2 heterocycles. The third kappa shape index (κ3) is 3.06. The third-order valence-electron chi connectivity index (χ3n) is 5.01. The second-order valence-electron chi connectivity index (χ2n) is 6.85. The van der Waals surface area contributed by atoms with Gasteiger partial charge in [0.25, 0.3) is 5.91 Å². The van der Waals surface area contributed by atoms with Gasteiger partial charge in [0, 0.05) is 46.7 Å². The number of hydrogen-bond donors (Lipinski definition) is 1. The summed E-state index contributed by atoms with van der Waals surface area (Å²) in [7, 11) is 0. The van der Waals surface area contributed by atoms with E-state index in [1.54, 1.807) is 0 Å². The van der Waals surface area contributed by atoms with Crippen LogP contribution in [0.5, 0.6) is 5.75 Å². The molecule has 1 amide bonds. The minimum absolute atomic E-state index is 0.00573. The van der Waals surface area contributed by atoms with Gasteiger partial charge >= 0.3 is 0 Å². The van der Waals surface area contributed by atoms with E-state index in [1.165, 1.54) is 16.6 Å². The number of carbonyl (C=O) groups is 1. The Morgan fingerprint density at radius 3 is 2.73 bits per heavy atom. The van der Waals surface area contributed by atoms with Crippen molar-refractivity contribution in [3.05, 3.63) is 63.8 Å². The van der Waals surface area contributed by atoms with Crippen LogP contribution in [0.4, 0.5) is 0 Å². The minimum Gasteiger partial charge on any atom is -0.484 e. The summed E-state index contributed by atoms with van der Waals surface area (Å²) in [6, 6.07) is 12.0. The van der Waals surface area contributed by atoms with Crippen LogP contribution in [0.3, 0.4) is 0 Å². The molecule has 1 N–H and O–H groups in total. The lowest BCUT2D eigenvalue weighted by Crippen LogP contribution is -2.38. The van der Waals surface area contributed by atoms with E-state index in [0.29, 0.717) is 18.8 Å². The Balaban J connectivity index is 1.46. The number of ether oxygens (including phenoxy) is 1. The zero-order valence-corrected chi connectivity index (χ0v) is 15.7. The number of aryl methyl sites for hydroxylation is 2. The maximum Gasteiger partial charge on any atom is 0.260 e. The first-order valence-corrected chi connectivity index (χ1v) is 9.16. The summed E-state index contributed by atoms with van der Waals surface area (Å²) < 4.78 is 5.74. The Kier molecular flexibility index (Phi) is 4.37. The minimum atomic E-state index is 0.00573. The Bertz CT molecular complexity index is 970. The summed E-state index contributed by atoms with van der Waals surface area (Å²) in [4.78, 5) is 18.0. The molecule has 1 aromatic heterocycles. The number of fused-ring (bicyclic) bond motifs is 3. The topological polar surface area (TPSA) is 45.3 Å². The average molecular weight is 369 g/mol. The predicted molar refractivity (Wildman–Crippen MR) is 104 cm³/mol. The molecule has 0 radical (unpaired) electrons. The molecule has 5 heteroatoms. The van der Waals surface area contributed by atoms with Gasteiger partial charge < -0.3 is 14.6 Å². The van der Waals surface area contributed by atoms with Crippen molar-refractivity contribution in [1.82, 2.24) is 9.88 Å². The largest absolute Gasteiger partial charge is 0.484 e. The predicted octanol–water partition coefficient (Wildman–Crippen LogP) is 4.40. The number of nitrogens with zero attached hydrogens (tertiary/aromatic N) is 1. The van der Waals surface area contributed by atoms with Gasteiger partial charge in [-0.1, -0.05) is 29.8 Å². The first-order chi connectivity index (χ1) is 12.5. The van der Waals surface area contributed by atoms with Crippen LogP contribution in [0.1, 0.15) is 22.4 Å². The molecule has 4 nitrogen and oxygen atoms in total. The van der Waals surface area contributed by atoms with E-state index >= 15 is 0 Å². The van der Waals surface area contributed by atoms with Gasteiger partial charge in [0.15, 0.2) is 6.61 Å². The number of benzene rings is 2. The van der Waals surface area contributed by atoms with Crippen molar-refractivity contribution in [2.45, 2.75) is 26.8 Å². The highest BCUT2D eigenvalue weighted by molar-refractivity contribution is 6.32. The van der Waals surface area contributed by atoms with Crippen molar-refractivity contribution in [2.24, 2.45) is 0 Å². The van der Waals surface area contributed by atoms with Gasteiger partial charge in [-0.25, -0.2) is 0 Å². The molecule has 0 unspecified atom stereocenters. The summed E-state index contributed by atoms with van der Waals surface area (Å²) in [5.74, 6) is 0.689. The van der Waals surface area contributed by atoms with Crippen LogP contribution in [0.2, 0.25) is 5.02 Å². The second-order valence-corrected chi connectivity index (χ2v) is 7.23. The molecule has 1 aliphatic rings. The lowest BCUT2D eigenvalue weighted by atomic mass is 10.0. The molecule has 0 fully saturated rings. The molecule has 2 aromatic carbocycles. The highest BCUT2D eigenvalue weighted by Gasteiger charge is 2.24. The zero-order chi connectivity index (χ0) is 18.3. The molecule has 26 heavy (non-hydrogen) atoms. The first kappa shape index (κ1) is 17.0. The highest BCUT2D eigenvalue weighted by atomic mass is 35.5. The Hall–Kier alpha value is -2.46. The summed E-state index contributed by atoms with van der Waals surface area (Å²) in [5, 5.41) is 1.94. The van der Waals surface area contributed by atoms with Crippen molar-refractivity contribution in [2.75, 3.05) is 13.2 Å². The van der Waals surface area contributed by atoms with Gasteiger partial charge in [0.1, 0.15) is 5.75 Å². The van der Waals surface area contributed by atoms with Gasteiger partial charge in [-0.3, -0.25) is 4.79 Å². The molecular weight excluding hydrogens is 348 g/mol. The number of aromatic nitrogens is 1. The maximum atomic E-state index is 12.6. The van der Waals surface area contributed by atoms with Gasteiger partial charge in [0.05, 0.1) is 0 Å². The quantitative estimate of drug-likeness (QED) is 0.744. The van der Waals surface area contributed by atoms with E-state index < -0.39 is 0 Å². The standard InChI is InChI=1S/C21H21ClN2O2/c1-13-9-15(10-14(2)21(13)22)26-12-20(25)24-8-7-19-17(11-24)16-5-3-4-6-18(16)23-19/h3-6,9-10,23H,7-8,11-12H2,1-2H3. The molecule has 1 aliphatic heterocycles. The molecule has 0 spiro atoms. The SMILES string of the molecule is Cc1cc(OCC(=O)N2CCc3[nH]c4ccccc4c3C2)cc(C)c1Cl. The smallest absolute Gasteiger partial charge is 0.260 e. The number of aromatic amines is 1. The van der Waals surface area contributed by atoms with Crippen molar-refractivity contribution in [1.29, 1.82) is 0 Å². The lowest BCUT2D eigenvalue weighted by Gasteiger charge is -2.27. The molecule has 0 saturated carbocycles. The Labute approximate surface area is 157 Å². The molecular formula is C21H21ClN2O2. The fourth-order valence-corrected chi connectivity index (χ4v) is 3.71. The number of amides is 1. The third-order valence-corrected chi connectivity index (χ3v) is 5.60. The summed E-state index contributed by atoms with van der Waals surface area (Å²) in [5.41, 5.74) is 5.50. The lowest BCUT2D eigenvalue weighted by molar-refractivity contribution is -0.134. The number of rotatable bonds is 3. The molecule has 134 valence electrons. The average Bonchev–Trinajstić information content (AvgIpc) is 3.02. The fourth-order valence-electron chi connectivity index (χ4n) is 3.61. The number of carbonyl (C=O) groups excluding carboxylic acids is 1. The molecule has 0 saturated heterocycles. The highest BCUT2D eigenvalue weighted by Crippen LogP contribution is 2.28. The molecule has 4 rings (SSSR count). The van der Waals surface area contributed by atoms with E-state index in [1.807, 2.05) is 43.0 Å². The van der Waals surface area contributed by atoms with E-state index in [9.17, 15) is 4.79 Å². The number of nitrogens with one attached hydrogen (secondary N) is 1. The van der Waals surface area contributed by atoms with Crippen LogP contribution in [0, 0.1) is 13.8 Å². The van der Waals surface area contributed by atoms with Gasteiger partial charge in [-0.15, -0.1) is 0 Å². The summed E-state index contributed by atoms with van der Waals surface area (Å²) >= 11 is 6.19. The van der Waals surface area contributed by atoms with Crippen LogP contribution < -0.4 is 4.74 Å². The summed E-state index contributed by atoms with van der Waals surface area (Å²) in [6.07, 6.45) is 0.842. The van der Waals surface area contributed by atoms with Crippen LogP contribution >= 0.6 is 11.6 Å². The monoisotopic (exact) mass is 368 g/mol. The molecule has 0 bridgehead atoms. The van der Waals surface area contributed by atoms with Gasteiger partial charge in [0.2, 0.25) is 0 Å². The van der Waals surface area contributed by atoms with Crippen LogP contribution in [-0.2, 0) is 17.8 Å². The number of H-pyrrole nitrogens is 1. The molecule has 0 aliphatic carbocycles. The van der Waals surface area contributed by atoms with Crippen molar-refractivity contribution in [3.63, 3.8) is 0 Å². The molecule has 0 atom stereocenters. The van der Waals surface area contributed by atoms with Gasteiger partial charge in [-0.2, -0.15) is 0 Å². The van der Waals surface area contributed by atoms with Crippen molar-refractivity contribution in [3.8, 4) is 5.75 Å². The zero-order valence-electron chi connectivity index (χ0n) is 14.9. The molecule has 3 aromatic rings. The van der Waals surface area contributed by atoms with Crippen molar-refractivity contribution >= 4 is 28.4 Å². The van der Waals surface area contributed by atoms with Crippen LogP contribution in [0.25, 0.3) is 10.9 Å².